The van der Waals surface area contributed by atoms with Crippen LogP contribution in [0.5, 0.6) is 0 Å². The Balaban J connectivity index is 4.56. The van der Waals surface area contributed by atoms with Crippen LogP contribution in [0.15, 0.2) is 0 Å². The number of rotatable bonds is 7. The molecular formula is C14H28N2O2. The maximum atomic E-state index is 12.1. The molecule has 0 rings (SSSR count). The molecule has 0 aliphatic carbocycles. The van der Waals surface area contributed by atoms with Gasteiger partial charge < -0.3 is 10.6 Å². The molecule has 0 bridgehead atoms. The highest BCUT2D eigenvalue weighted by molar-refractivity contribution is 5.91. The van der Waals surface area contributed by atoms with Gasteiger partial charge in [0.1, 0.15) is 0 Å². The normalized spacial score (nSPS) is 15.0. The van der Waals surface area contributed by atoms with Gasteiger partial charge in [-0.05, 0) is 12.8 Å². The Morgan fingerprint density at radius 3 is 1.72 bits per heavy atom. The van der Waals surface area contributed by atoms with Gasteiger partial charge in [0, 0.05) is 12.0 Å². The van der Waals surface area contributed by atoms with Crippen molar-refractivity contribution in [1.82, 2.24) is 10.6 Å². The molecule has 2 N–H and O–H groups in total. The lowest BCUT2D eigenvalue weighted by atomic mass is 10.00. The van der Waals surface area contributed by atoms with Gasteiger partial charge in [0.25, 0.3) is 0 Å². The fourth-order valence-electron chi connectivity index (χ4n) is 1.80. The van der Waals surface area contributed by atoms with Crippen LogP contribution in [-0.4, -0.2) is 29.8 Å². The molecule has 0 aromatic heterocycles. The number of hydrogen-bond acceptors (Lipinski definition) is 3. The van der Waals surface area contributed by atoms with Gasteiger partial charge in [-0.25, -0.2) is 0 Å². The first-order chi connectivity index (χ1) is 8.16. The van der Waals surface area contributed by atoms with Gasteiger partial charge in [0.2, 0.25) is 5.91 Å². The molecule has 0 fully saturated rings. The standard InChI is InChI=1S/C14H28N2O2/c1-8(2)12(15-10(5)6)14(18)16-11(7)13(17)9(3)4/h8-12,15H,1-7H3,(H,16,18)/t11-,12-/m0/s1. The lowest BCUT2D eigenvalue weighted by Crippen LogP contribution is -2.53. The lowest BCUT2D eigenvalue weighted by Gasteiger charge is -2.26. The molecule has 0 aliphatic heterocycles. The Morgan fingerprint density at radius 1 is 0.889 bits per heavy atom. The van der Waals surface area contributed by atoms with Crippen LogP contribution in [0.4, 0.5) is 0 Å². The average Bonchev–Trinajstić information content (AvgIpc) is 2.23. The summed E-state index contributed by atoms with van der Waals surface area (Å²) in [5.74, 6) is 0.0974. The summed E-state index contributed by atoms with van der Waals surface area (Å²) in [5.41, 5.74) is 0. The molecule has 2 atom stereocenters. The number of amides is 1. The quantitative estimate of drug-likeness (QED) is 0.729. The summed E-state index contributed by atoms with van der Waals surface area (Å²) in [6.45, 7) is 13.4. The Morgan fingerprint density at radius 2 is 1.39 bits per heavy atom. The monoisotopic (exact) mass is 256 g/mol. The average molecular weight is 256 g/mol. The van der Waals surface area contributed by atoms with E-state index in [9.17, 15) is 9.59 Å². The van der Waals surface area contributed by atoms with E-state index in [0.29, 0.717) is 0 Å². The van der Waals surface area contributed by atoms with Crippen molar-refractivity contribution < 1.29 is 9.59 Å². The minimum Gasteiger partial charge on any atom is -0.345 e. The fourth-order valence-corrected chi connectivity index (χ4v) is 1.80. The van der Waals surface area contributed by atoms with Crippen LogP contribution in [0.25, 0.3) is 0 Å². The molecule has 0 spiro atoms. The Kier molecular flexibility index (Phi) is 7.14. The van der Waals surface area contributed by atoms with Gasteiger partial charge in [-0.15, -0.1) is 0 Å². The van der Waals surface area contributed by atoms with E-state index in [1.54, 1.807) is 6.92 Å². The molecule has 0 saturated heterocycles. The molecule has 0 unspecified atom stereocenters. The first kappa shape index (κ1) is 17.1. The molecule has 0 aromatic carbocycles. The van der Waals surface area contributed by atoms with Crippen LogP contribution in [0.3, 0.4) is 0 Å². The predicted molar refractivity (Wildman–Crippen MR) is 74.3 cm³/mol. The fraction of sp³-hybridized carbons (Fsp3) is 0.857. The summed E-state index contributed by atoms with van der Waals surface area (Å²) in [5, 5.41) is 6.03. The molecule has 0 saturated carbocycles. The van der Waals surface area contributed by atoms with E-state index >= 15 is 0 Å². The summed E-state index contributed by atoms with van der Waals surface area (Å²) in [4.78, 5) is 23.9. The van der Waals surface area contributed by atoms with Crippen LogP contribution >= 0.6 is 0 Å². The minimum atomic E-state index is -0.423. The number of carbonyl (C=O) groups excluding carboxylic acids is 2. The summed E-state index contributed by atoms with van der Waals surface area (Å²) in [6, 6.07) is -0.445. The zero-order valence-corrected chi connectivity index (χ0v) is 12.7. The van der Waals surface area contributed by atoms with Gasteiger partial charge in [0.15, 0.2) is 5.78 Å². The lowest BCUT2D eigenvalue weighted by molar-refractivity contribution is -0.130. The first-order valence-corrected chi connectivity index (χ1v) is 6.77. The highest BCUT2D eigenvalue weighted by Gasteiger charge is 2.26. The van der Waals surface area contributed by atoms with E-state index in [4.69, 9.17) is 0 Å². The van der Waals surface area contributed by atoms with E-state index in [-0.39, 0.29) is 35.6 Å². The van der Waals surface area contributed by atoms with E-state index in [1.807, 2.05) is 41.5 Å². The molecule has 106 valence electrons. The number of carbonyl (C=O) groups is 2. The second-order valence-electron chi connectivity index (χ2n) is 5.83. The molecule has 18 heavy (non-hydrogen) atoms. The Hall–Kier alpha value is -0.900. The van der Waals surface area contributed by atoms with Crippen LogP contribution < -0.4 is 10.6 Å². The highest BCUT2D eigenvalue weighted by Crippen LogP contribution is 2.05. The maximum Gasteiger partial charge on any atom is 0.237 e. The van der Waals surface area contributed by atoms with Crippen molar-refractivity contribution >= 4 is 11.7 Å². The highest BCUT2D eigenvalue weighted by atomic mass is 16.2. The minimum absolute atomic E-state index is 0.0594. The molecule has 0 aliphatic rings. The van der Waals surface area contributed by atoms with Crippen LogP contribution in [0.2, 0.25) is 0 Å². The van der Waals surface area contributed by atoms with Crippen molar-refractivity contribution in [3.8, 4) is 0 Å². The van der Waals surface area contributed by atoms with Crippen LogP contribution in [-0.2, 0) is 9.59 Å². The third-order valence-corrected chi connectivity index (χ3v) is 2.82. The Labute approximate surface area is 111 Å². The van der Waals surface area contributed by atoms with Gasteiger partial charge >= 0.3 is 0 Å². The number of ketones is 1. The second kappa shape index (κ2) is 7.52. The van der Waals surface area contributed by atoms with Gasteiger partial charge in [-0.2, -0.15) is 0 Å². The van der Waals surface area contributed by atoms with Crippen molar-refractivity contribution in [3.63, 3.8) is 0 Å². The zero-order valence-electron chi connectivity index (χ0n) is 12.7. The van der Waals surface area contributed by atoms with Crippen LogP contribution in [0.1, 0.15) is 48.5 Å². The Bertz CT molecular complexity index is 286. The smallest absolute Gasteiger partial charge is 0.237 e. The van der Waals surface area contributed by atoms with Gasteiger partial charge in [-0.1, -0.05) is 41.5 Å². The molecule has 0 radical (unpaired) electrons. The summed E-state index contributed by atoms with van der Waals surface area (Å²) in [7, 11) is 0. The molecule has 0 heterocycles. The summed E-state index contributed by atoms with van der Waals surface area (Å²) < 4.78 is 0. The SMILES string of the molecule is CC(C)N[C@H](C(=O)N[C@@H](C)C(=O)C(C)C)C(C)C. The summed E-state index contributed by atoms with van der Waals surface area (Å²) in [6.07, 6.45) is 0. The molecular weight excluding hydrogens is 228 g/mol. The number of Topliss-reactive ketones (excluding diaryl/α,β-unsaturated/α-hetero) is 1. The van der Waals surface area contributed by atoms with Crippen LogP contribution in [0, 0.1) is 11.8 Å². The number of hydrogen-bond donors (Lipinski definition) is 2. The van der Waals surface area contributed by atoms with Crippen molar-refractivity contribution in [2.24, 2.45) is 11.8 Å². The van der Waals surface area contributed by atoms with Crippen molar-refractivity contribution in [1.29, 1.82) is 0 Å². The van der Waals surface area contributed by atoms with E-state index in [0.717, 1.165) is 0 Å². The zero-order chi connectivity index (χ0) is 14.5. The number of nitrogens with one attached hydrogen (secondary N) is 2. The van der Waals surface area contributed by atoms with Crippen molar-refractivity contribution in [2.75, 3.05) is 0 Å². The molecule has 4 heteroatoms. The topological polar surface area (TPSA) is 58.2 Å². The third kappa shape index (κ3) is 5.63. The third-order valence-electron chi connectivity index (χ3n) is 2.82. The molecule has 0 aromatic rings. The van der Waals surface area contributed by atoms with Gasteiger partial charge in [-0.3, -0.25) is 9.59 Å². The van der Waals surface area contributed by atoms with E-state index < -0.39 is 6.04 Å². The molecule has 1 amide bonds. The summed E-state index contributed by atoms with van der Waals surface area (Å²) >= 11 is 0. The van der Waals surface area contributed by atoms with E-state index in [2.05, 4.69) is 10.6 Å². The predicted octanol–water partition coefficient (Wildman–Crippen LogP) is 1.74. The van der Waals surface area contributed by atoms with E-state index in [1.165, 1.54) is 0 Å². The molecule has 4 nitrogen and oxygen atoms in total. The van der Waals surface area contributed by atoms with Gasteiger partial charge in [0.05, 0.1) is 12.1 Å². The largest absolute Gasteiger partial charge is 0.345 e. The maximum absolute atomic E-state index is 12.1. The van der Waals surface area contributed by atoms with Crippen molar-refractivity contribution in [3.05, 3.63) is 0 Å². The van der Waals surface area contributed by atoms with Crippen molar-refractivity contribution in [2.45, 2.75) is 66.6 Å². The first-order valence-electron chi connectivity index (χ1n) is 6.77. The second-order valence-corrected chi connectivity index (χ2v) is 5.83.